The summed E-state index contributed by atoms with van der Waals surface area (Å²) >= 11 is 6.08. The topological polar surface area (TPSA) is 115 Å². The van der Waals surface area contributed by atoms with Gasteiger partial charge in [0.15, 0.2) is 5.65 Å². The van der Waals surface area contributed by atoms with E-state index in [1.807, 2.05) is 0 Å². The number of benzene rings is 1. The SMILES string of the molecule is Cn1ncc(C(=O)Nc2cccc(Oc3ccc4nc(NC(=O)C5CC5)nn4c3)c2)c1Cl. The van der Waals surface area contributed by atoms with Crippen molar-refractivity contribution in [3.05, 3.63) is 59.5 Å². The zero-order chi connectivity index (χ0) is 22.2. The van der Waals surface area contributed by atoms with E-state index in [1.165, 1.54) is 15.4 Å². The highest BCUT2D eigenvalue weighted by atomic mass is 35.5. The number of aromatic nitrogens is 5. The average molecular weight is 452 g/mol. The summed E-state index contributed by atoms with van der Waals surface area (Å²) in [6, 6.07) is 10.4. The molecule has 3 heterocycles. The maximum atomic E-state index is 12.5. The van der Waals surface area contributed by atoms with Crippen LogP contribution in [0.5, 0.6) is 11.5 Å². The summed E-state index contributed by atoms with van der Waals surface area (Å²) in [6.45, 7) is 0. The molecule has 162 valence electrons. The summed E-state index contributed by atoms with van der Waals surface area (Å²) in [4.78, 5) is 28.7. The predicted octanol–water partition coefficient (Wildman–Crippen LogP) is 3.51. The van der Waals surface area contributed by atoms with Crippen LogP contribution in [0.3, 0.4) is 0 Å². The standard InChI is InChI=1S/C21H18ClN7O3/c1-28-18(22)16(10-23-28)20(31)24-13-3-2-4-14(9-13)32-15-7-8-17-25-21(27-29(17)11-15)26-19(30)12-5-6-12/h2-4,7-12H,5-6H2,1H3,(H,24,31)(H,26,27,30). The molecule has 2 amide bonds. The number of fused-ring (bicyclic) bond motifs is 1. The number of nitrogens with zero attached hydrogens (tertiary/aromatic N) is 5. The van der Waals surface area contributed by atoms with E-state index in [2.05, 4.69) is 25.8 Å². The van der Waals surface area contributed by atoms with Crippen molar-refractivity contribution < 1.29 is 14.3 Å². The fourth-order valence-electron chi connectivity index (χ4n) is 3.08. The molecule has 1 fully saturated rings. The highest BCUT2D eigenvalue weighted by molar-refractivity contribution is 6.33. The number of halogens is 1. The van der Waals surface area contributed by atoms with Gasteiger partial charge >= 0.3 is 0 Å². The molecule has 4 aromatic rings. The van der Waals surface area contributed by atoms with Gasteiger partial charge in [0.1, 0.15) is 16.7 Å². The van der Waals surface area contributed by atoms with Gasteiger partial charge in [-0.2, -0.15) is 10.1 Å². The summed E-state index contributed by atoms with van der Waals surface area (Å²) in [6.07, 6.45) is 4.89. The Hall–Kier alpha value is -3.92. The van der Waals surface area contributed by atoms with Crippen molar-refractivity contribution in [1.29, 1.82) is 0 Å². The molecule has 1 aliphatic carbocycles. The molecule has 1 aromatic carbocycles. The van der Waals surface area contributed by atoms with Crippen LogP contribution in [-0.2, 0) is 11.8 Å². The minimum absolute atomic E-state index is 0.0520. The molecule has 0 unspecified atom stereocenters. The van der Waals surface area contributed by atoms with E-state index >= 15 is 0 Å². The second kappa shape index (κ2) is 7.97. The molecule has 0 aliphatic heterocycles. The zero-order valence-electron chi connectivity index (χ0n) is 16.9. The molecule has 10 nitrogen and oxygen atoms in total. The molecular weight excluding hydrogens is 434 g/mol. The van der Waals surface area contributed by atoms with Crippen molar-refractivity contribution in [2.75, 3.05) is 10.6 Å². The zero-order valence-corrected chi connectivity index (χ0v) is 17.7. The quantitative estimate of drug-likeness (QED) is 0.463. The van der Waals surface area contributed by atoms with E-state index in [4.69, 9.17) is 16.3 Å². The Balaban J connectivity index is 1.29. The highest BCUT2D eigenvalue weighted by Crippen LogP contribution is 2.30. The smallest absolute Gasteiger partial charge is 0.260 e. The van der Waals surface area contributed by atoms with E-state index in [9.17, 15) is 9.59 Å². The first-order valence-corrected chi connectivity index (χ1v) is 10.3. The molecule has 0 radical (unpaired) electrons. The Morgan fingerprint density at radius 3 is 2.75 bits per heavy atom. The van der Waals surface area contributed by atoms with Crippen LogP contribution in [0, 0.1) is 5.92 Å². The highest BCUT2D eigenvalue weighted by Gasteiger charge is 2.30. The number of hydrogen-bond donors (Lipinski definition) is 2. The third-order valence-electron chi connectivity index (χ3n) is 4.93. The molecule has 0 spiro atoms. The molecular formula is C21H18ClN7O3. The number of ether oxygens (including phenoxy) is 1. The van der Waals surface area contributed by atoms with Crippen LogP contribution >= 0.6 is 11.6 Å². The van der Waals surface area contributed by atoms with E-state index in [-0.39, 0.29) is 34.4 Å². The average Bonchev–Trinajstić information content (AvgIpc) is 3.47. The van der Waals surface area contributed by atoms with Gasteiger partial charge in [0, 0.05) is 24.7 Å². The lowest BCUT2D eigenvalue weighted by atomic mass is 10.2. The molecule has 2 N–H and O–H groups in total. The lowest BCUT2D eigenvalue weighted by Crippen LogP contribution is -2.14. The van der Waals surface area contributed by atoms with E-state index < -0.39 is 0 Å². The predicted molar refractivity (Wildman–Crippen MR) is 117 cm³/mol. The maximum Gasteiger partial charge on any atom is 0.260 e. The van der Waals surface area contributed by atoms with Gasteiger partial charge in [0.05, 0.1) is 18.0 Å². The van der Waals surface area contributed by atoms with Crippen LogP contribution in [0.25, 0.3) is 5.65 Å². The second-order valence-electron chi connectivity index (χ2n) is 7.42. The second-order valence-corrected chi connectivity index (χ2v) is 7.78. The van der Waals surface area contributed by atoms with Crippen molar-refractivity contribution in [1.82, 2.24) is 24.4 Å². The molecule has 3 aromatic heterocycles. The summed E-state index contributed by atoms with van der Waals surface area (Å²) in [7, 11) is 1.66. The monoisotopic (exact) mass is 451 g/mol. The first-order valence-electron chi connectivity index (χ1n) is 9.90. The largest absolute Gasteiger partial charge is 0.456 e. The lowest BCUT2D eigenvalue weighted by Gasteiger charge is -2.09. The number of carbonyl (C=O) groups is 2. The van der Waals surface area contributed by atoms with E-state index in [0.717, 1.165) is 12.8 Å². The van der Waals surface area contributed by atoms with Gasteiger partial charge in [-0.1, -0.05) is 17.7 Å². The Morgan fingerprint density at radius 2 is 2.00 bits per heavy atom. The lowest BCUT2D eigenvalue weighted by molar-refractivity contribution is -0.117. The van der Waals surface area contributed by atoms with Crippen molar-refractivity contribution in [2.45, 2.75) is 12.8 Å². The molecule has 11 heteroatoms. The van der Waals surface area contributed by atoms with Gasteiger partial charge in [-0.25, -0.2) is 4.52 Å². The third kappa shape index (κ3) is 4.12. The molecule has 5 rings (SSSR count). The normalized spacial score (nSPS) is 13.2. The summed E-state index contributed by atoms with van der Waals surface area (Å²) in [5.74, 6) is 0.942. The number of rotatable bonds is 6. The molecule has 1 aliphatic rings. The van der Waals surface area contributed by atoms with Crippen molar-refractivity contribution in [3.8, 4) is 11.5 Å². The summed E-state index contributed by atoms with van der Waals surface area (Å²) < 4.78 is 8.86. The number of aryl methyl sites for hydroxylation is 1. The molecule has 0 bridgehead atoms. The molecule has 32 heavy (non-hydrogen) atoms. The fourth-order valence-corrected chi connectivity index (χ4v) is 3.26. The number of pyridine rings is 1. The van der Waals surface area contributed by atoms with Gasteiger partial charge in [0.25, 0.3) is 5.91 Å². The number of hydrogen-bond acceptors (Lipinski definition) is 6. The van der Waals surface area contributed by atoms with Crippen LogP contribution < -0.4 is 15.4 Å². The Bertz CT molecular complexity index is 1340. The Kier molecular flexibility index (Phi) is 4.98. The molecule has 1 saturated carbocycles. The first-order chi connectivity index (χ1) is 15.5. The minimum atomic E-state index is -0.370. The molecule has 0 saturated heterocycles. The van der Waals surface area contributed by atoms with E-state index in [1.54, 1.807) is 49.6 Å². The minimum Gasteiger partial charge on any atom is -0.456 e. The van der Waals surface area contributed by atoms with Crippen molar-refractivity contribution in [3.63, 3.8) is 0 Å². The number of nitrogens with one attached hydrogen (secondary N) is 2. The Labute approximate surface area is 187 Å². The van der Waals surface area contributed by atoms with Gasteiger partial charge < -0.3 is 10.1 Å². The summed E-state index contributed by atoms with van der Waals surface area (Å²) in [5, 5.41) is 14.0. The third-order valence-corrected chi connectivity index (χ3v) is 5.37. The van der Waals surface area contributed by atoms with Crippen LogP contribution in [-0.4, -0.2) is 36.2 Å². The first kappa shape index (κ1) is 20.0. The van der Waals surface area contributed by atoms with Crippen molar-refractivity contribution >= 4 is 40.7 Å². The van der Waals surface area contributed by atoms with Gasteiger partial charge in [0.2, 0.25) is 11.9 Å². The number of carbonyl (C=O) groups excluding carboxylic acids is 2. The summed E-state index contributed by atoms with van der Waals surface area (Å²) in [5.41, 5.74) is 1.40. The van der Waals surface area contributed by atoms with Crippen LogP contribution in [0.15, 0.2) is 48.8 Å². The van der Waals surface area contributed by atoms with Crippen LogP contribution in [0.1, 0.15) is 23.2 Å². The van der Waals surface area contributed by atoms with Crippen LogP contribution in [0.4, 0.5) is 11.6 Å². The maximum absolute atomic E-state index is 12.5. The van der Waals surface area contributed by atoms with Gasteiger partial charge in [-0.05, 0) is 37.1 Å². The number of amides is 2. The molecule has 0 atom stereocenters. The van der Waals surface area contributed by atoms with Crippen molar-refractivity contribution in [2.24, 2.45) is 13.0 Å². The van der Waals surface area contributed by atoms with Gasteiger partial charge in [-0.3, -0.25) is 19.6 Å². The van der Waals surface area contributed by atoms with Crippen LogP contribution in [0.2, 0.25) is 5.15 Å². The Morgan fingerprint density at radius 1 is 1.16 bits per heavy atom. The van der Waals surface area contributed by atoms with Gasteiger partial charge in [-0.15, -0.1) is 5.10 Å². The number of anilines is 2. The van der Waals surface area contributed by atoms with E-state index in [0.29, 0.717) is 22.8 Å². The fraction of sp³-hybridized carbons (Fsp3) is 0.190.